The Kier molecular flexibility index (Phi) is 4.18. The first-order chi connectivity index (χ1) is 9.79. The van der Waals surface area contributed by atoms with Gasteiger partial charge >= 0.3 is 6.18 Å². The minimum absolute atomic E-state index is 0.0538. The molecule has 1 N–H and O–H groups in total. The second-order valence-corrected chi connectivity index (χ2v) is 4.90. The highest BCUT2D eigenvalue weighted by molar-refractivity contribution is 6.33. The fourth-order valence-electron chi connectivity index (χ4n) is 2.20. The summed E-state index contributed by atoms with van der Waals surface area (Å²) in [6.45, 7) is 3.69. The maximum atomic E-state index is 13.1. The van der Waals surface area contributed by atoms with Gasteiger partial charge in [-0.1, -0.05) is 11.6 Å². The van der Waals surface area contributed by atoms with E-state index in [1.54, 1.807) is 6.07 Å². The summed E-state index contributed by atoms with van der Waals surface area (Å²) >= 11 is 6.05. The van der Waals surface area contributed by atoms with Gasteiger partial charge in [-0.15, -0.1) is 0 Å². The van der Waals surface area contributed by atoms with Crippen LogP contribution in [0.2, 0.25) is 5.02 Å². The van der Waals surface area contributed by atoms with E-state index in [1.807, 2.05) is 6.92 Å². The molecule has 7 heteroatoms. The van der Waals surface area contributed by atoms with E-state index in [0.29, 0.717) is 22.6 Å². The van der Waals surface area contributed by atoms with Gasteiger partial charge < -0.3 is 10.1 Å². The molecule has 0 fully saturated rings. The molecule has 0 aliphatic heterocycles. The van der Waals surface area contributed by atoms with E-state index in [1.165, 1.54) is 20.1 Å². The average Bonchev–Trinajstić information content (AvgIpc) is 2.40. The van der Waals surface area contributed by atoms with Crippen molar-refractivity contribution in [3.63, 3.8) is 0 Å². The highest BCUT2D eigenvalue weighted by atomic mass is 35.5. The summed E-state index contributed by atoms with van der Waals surface area (Å²) in [5, 5.41) is 3.82. The first-order valence-corrected chi connectivity index (χ1v) is 6.66. The number of hydrogen-bond acceptors (Lipinski definition) is 3. The molecule has 0 saturated heterocycles. The van der Waals surface area contributed by atoms with E-state index >= 15 is 0 Å². The minimum Gasteiger partial charge on any atom is -0.495 e. The summed E-state index contributed by atoms with van der Waals surface area (Å²) in [7, 11) is 1.40. The van der Waals surface area contributed by atoms with Crippen LogP contribution in [0.15, 0.2) is 12.1 Å². The summed E-state index contributed by atoms with van der Waals surface area (Å²) in [5.74, 6) is 0.288. The predicted octanol–water partition coefficient (Wildman–Crippen LogP) is 4.66. The van der Waals surface area contributed by atoms with Gasteiger partial charge in [0.05, 0.1) is 17.6 Å². The molecular weight excluding hydrogens is 305 g/mol. The van der Waals surface area contributed by atoms with Crippen LogP contribution in [-0.4, -0.2) is 18.6 Å². The van der Waals surface area contributed by atoms with Crippen molar-refractivity contribution in [3.05, 3.63) is 28.4 Å². The Bertz CT molecular complexity index is 686. The molecule has 1 aromatic heterocycles. The number of pyridine rings is 1. The molecule has 0 saturated carbocycles. The van der Waals surface area contributed by atoms with Crippen LogP contribution < -0.4 is 10.1 Å². The van der Waals surface area contributed by atoms with Crippen LogP contribution in [0.4, 0.5) is 18.9 Å². The third kappa shape index (κ3) is 2.85. The van der Waals surface area contributed by atoms with Crippen LogP contribution >= 0.6 is 11.6 Å². The lowest BCUT2D eigenvalue weighted by molar-refractivity contribution is -0.141. The fourth-order valence-corrected chi connectivity index (χ4v) is 2.44. The number of rotatable bonds is 3. The molecule has 3 nitrogen and oxygen atoms in total. The van der Waals surface area contributed by atoms with E-state index < -0.39 is 11.9 Å². The zero-order valence-corrected chi connectivity index (χ0v) is 12.5. The quantitative estimate of drug-likeness (QED) is 0.894. The average molecular weight is 319 g/mol. The van der Waals surface area contributed by atoms with Crippen molar-refractivity contribution in [2.45, 2.75) is 20.0 Å². The molecule has 0 aliphatic rings. The highest BCUT2D eigenvalue weighted by Crippen LogP contribution is 2.39. The van der Waals surface area contributed by atoms with E-state index in [9.17, 15) is 13.2 Å². The van der Waals surface area contributed by atoms with Gasteiger partial charge in [0.15, 0.2) is 0 Å². The Morgan fingerprint density at radius 1 is 1.33 bits per heavy atom. The molecule has 0 bridgehead atoms. The molecule has 2 rings (SSSR count). The first-order valence-electron chi connectivity index (χ1n) is 6.28. The zero-order valence-electron chi connectivity index (χ0n) is 11.7. The molecule has 1 heterocycles. The number of halogens is 4. The molecule has 0 spiro atoms. The van der Waals surface area contributed by atoms with Gasteiger partial charge in [0.1, 0.15) is 11.4 Å². The SMILES string of the molecule is CCNc1c(C)c(C(F)(F)F)nc2cc(OC)c(Cl)cc12. The number of benzene rings is 1. The van der Waals surface area contributed by atoms with Crippen LogP contribution in [0.5, 0.6) is 5.75 Å². The van der Waals surface area contributed by atoms with Gasteiger partial charge in [-0.25, -0.2) is 4.98 Å². The Hall–Kier alpha value is -1.69. The number of nitrogens with one attached hydrogen (secondary N) is 1. The lowest BCUT2D eigenvalue weighted by Crippen LogP contribution is -2.13. The highest BCUT2D eigenvalue weighted by Gasteiger charge is 2.36. The van der Waals surface area contributed by atoms with Crippen molar-refractivity contribution >= 4 is 28.2 Å². The Labute approximate surface area is 125 Å². The molecule has 0 radical (unpaired) electrons. The van der Waals surface area contributed by atoms with Gasteiger partial charge in [-0.2, -0.15) is 13.2 Å². The van der Waals surface area contributed by atoms with Crippen molar-refractivity contribution in [3.8, 4) is 5.75 Å². The molecule has 1 aromatic carbocycles. The summed E-state index contributed by atoms with van der Waals surface area (Å²) in [6, 6.07) is 2.97. The number of ether oxygens (including phenoxy) is 1. The summed E-state index contributed by atoms with van der Waals surface area (Å²) in [5.41, 5.74) is -0.280. The lowest BCUT2D eigenvalue weighted by atomic mass is 10.1. The summed E-state index contributed by atoms with van der Waals surface area (Å²) < 4.78 is 44.4. The smallest absolute Gasteiger partial charge is 0.433 e. The number of nitrogens with zero attached hydrogens (tertiary/aromatic N) is 1. The van der Waals surface area contributed by atoms with E-state index in [2.05, 4.69) is 10.3 Å². The fraction of sp³-hybridized carbons (Fsp3) is 0.357. The van der Waals surface area contributed by atoms with Crippen molar-refractivity contribution in [1.82, 2.24) is 4.98 Å². The lowest BCUT2D eigenvalue weighted by Gasteiger charge is -2.17. The number of alkyl halides is 3. The van der Waals surface area contributed by atoms with Gasteiger partial charge in [0.25, 0.3) is 0 Å². The van der Waals surface area contributed by atoms with E-state index in [4.69, 9.17) is 16.3 Å². The van der Waals surface area contributed by atoms with Gasteiger partial charge in [-0.3, -0.25) is 0 Å². The summed E-state index contributed by atoms with van der Waals surface area (Å²) in [6.07, 6.45) is -4.52. The minimum atomic E-state index is -4.52. The molecule has 2 aromatic rings. The predicted molar refractivity (Wildman–Crippen MR) is 77.2 cm³/mol. The molecule has 0 aliphatic carbocycles. The summed E-state index contributed by atoms with van der Waals surface area (Å²) in [4.78, 5) is 3.74. The van der Waals surface area contributed by atoms with Crippen LogP contribution in [-0.2, 0) is 6.18 Å². The molecule has 0 unspecified atom stereocenters. The third-order valence-electron chi connectivity index (χ3n) is 3.12. The normalized spacial score (nSPS) is 11.8. The Balaban J connectivity index is 2.86. The van der Waals surface area contributed by atoms with Crippen molar-refractivity contribution in [2.75, 3.05) is 19.0 Å². The maximum absolute atomic E-state index is 13.1. The number of hydrogen-bond donors (Lipinski definition) is 1. The second-order valence-electron chi connectivity index (χ2n) is 4.49. The Morgan fingerprint density at radius 2 is 2.00 bits per heavy atom. The molecule has 114 valence electrons. The topological polar surface area (TPSA) is 34.2 Å². The number of fused-ring (bicyclic) bond motifs is 1. The van der Waals surface area contributed by atoms with Crippen molar-refractivity contribution in [2.24, 2.45) is 0 Å². The van der Waals surface area contributed by atoms with Crippen LogP contribution in [0.1, 0.15) is 18.2 Å². The van der Waals surface area contributed by atoms with E-state index in [-0.39, 0.29) is 16.8 Å². The third-order valence-corrected chi connectivity index (χ3v) is 3.42. The zero-order chi connectivity index (χ0) is 15.8. The largest absolute Gasteiger partial charge is 0.495 e. The van der Waals surface area contributed by atoms with Gasteiger partial charge in [0.2, 0.25) is 0 Å². The standard InChI is InChI=1S/C14H14ClF3N2O/c1-4-19-12-7(2)13(14(16,17)18)20-10-6-11(21-3)9(15)5-8(10)12/h5-6H,4H2,1-3H3,(H,19,20). The Morgan fingerprint density at radius 3 is 2.52 bits per heavy atom. The van der Waals surface area contributed by atoms with Gasteiger partial charge in [-0.05, 0) is 19.9 Å². The van der Waals surface area contributed by atoms with Crippen molar-refractivity contribution in [1.29, 1.82) is 0 Å². The van der Waals surface area contributed by atoms with Crippen LogP contribution in [0, 0.1) is 6.92 Å². The maximum Gasteiger partial charge on any atom is 0.433 e. The first kappa shape index (κ1) is 15.7. The number of aromatic nitrogens is 1. The molecule has 0 amide bonds. The molecule has 0 atom stereocenters. The van der Waals surface area contributed by atoms with Crippen molar-refractivity contribution < 1.29 is 17.9 Å². The van der Waals surface area contributed by atoms with Gasteiger partial charge in [0, 0.05) is 29.2 Å². The van der Waals surface area contributed by atoms with E-state index in [0.717, 1.165) is 0 Å². The van der Waals surface area contributed by atoms with Crippen LogP contribution in [0.25, 0.3) is 10.9 Å². The second kappa shape index (κ2) is 5.60. The molecular formula is C14H14ClF3N2O. The monoisotopic (exact) mass is 318 g/mol. The molecule has 21 heavy (non-hydrogen) atoms. The number of methoxy groups -OCH3 is 1. The number of anilines is 1. The van der Waals surface area contributed by atoms with Crippen LogP contribution in [0.3, 0.4) is 0 Å².